The molecule has 0 saturated carbocycles. The minimum atomic E-state index is -3.83. The zero-order chi connectivity index (χ0) is 15.6. The first-order valence-corrected chi connectivity index (χ1v) is 8.75. The summed E-state index contributed by atoms with van der Waals surface area (Å²) in [7, 11) is -3.83. The van der Waals surface area contributed by atoms with Crippen LogP contribution in [0.2, 0.25) is 0 Å². The van der Waals surface area contributed by atoms with Gasteiger partial charge in [-0.2, -0.15) is 0 Å². The highest BCUT2D eigenvalue weighted by atomic mass is 79.9. The second-order valence-electron chi connectivity index (χ2n) is 4.14. The minimum Gasteiger partial charge on any atom is -0.207 e. The molecule has 3 nitrogen and oxygen atoms in total. The monoisotopic (exact) mass is 439 g/mol. The van der Waals surface area contributed by atoms with E-state index in [0.29, 0.717) is 15.0 Å². The largest absolute Gasteiger partial charge is 0.242 e. The van der Waals surface area contributed by atoms with E-state index in [1.807, 2.05) is 0 Å². The number of rotatable bonds is 4. The molecule has 0 radical (unpaired) electrons. The number of hydrogen-bond acceptors (Lipinski definition) is 2. The molecule has 1 N–H and O–H groups in total. The molecule has 2 rings (SSSR count). The van der Waals surface area contributed by atoms with Gasteiger partial charge in [0, 0.05) is 27.1 Å². The Morgan fingerprint density at radius 2 is 1.76 bits per heavy atom. The molecule has 0 aliphatic heterocycles. The van der Waals surface area contributed by atoms with Crippen LogP contribution >= 0.6 is 31.9 Å². The first-order chi connectivity index (χ1) is 9.79. The minimum absolute atomic E-state index is 0.0272. The summed E-state index contributed by atoms with van der Waals surface area (Å²) in [4.78, 5) is 0.0272. The molecule has 112 valence electrons. The first kappa shape index (κ1) is 16.5. The molecule has 8 heteroatoms. The van der Waals surface area contributed by atoms with Crippen molar-refractivity contribution in [1.82, 2.24) is 4.72 Å². The molecule has 0 heterocycles. The van der Waals surface area contributed by atoms with Gasteiger partial charge in [-0.3, -0.25) is 0 Å². The van der Waals surface area contributed by atoms with Gasteiger partial charge in [-0.1, -0.05) is 22.0 Å². The van der Waals surface area contributed by atoms with Crippen molar-refractivity contribution in [1.29, 1.82) is 0 Å². The summed E-state index contributed by atoms with van der Waals surface area (Å²) in [6, 6.07) is 7.66. The number of hydrogen-bond donors (Lipinski definition) is 1. The van der Waals surface area contributed by atoms with Crippen molar-refractivity contribution in [3.63, 3.8) is 0 Å². The molecule has 0 amide bonds. The van der Waals surface area contributed by atoms with Crippen LogP contribution in [0.15, 0.2) is 50.2 Å². The van der Waals surface area contributed by atoms with E-state index in [0.717, 1.165) is 6.07 Å². The molecule has 0 fully saturated rings. The van der Waals surface area contributed by atoms with Crippen LogP contribution in [-0.2, 0) is 16.6 Å². The molecule has 0 atom stereocenters. The summed E-state index contributed by atoms with van der Waals surface area (Å²) in [5.41, 5.74) is 0.0612. The summed E-state index contributed by atoms with van der Waals surface area (Å²) in [6.45, 7) is -0.270. The van der Waals surface area contributed by atoms with Crippen molar-refractivity contribution in [2.24, 2.45) is 0 Å². The van der Waals surface area contributed by atoms with Crippen LogP contribution in [0, 0.1) is 11.6 Å². The number of sulfonamides is 1. The number of halogens is 4. The van der Waals surface area contributed by atoms with Gasteiger partial charge in [0.15, 0.2) is 0 Å². The average molecular weight is 441 g/mol. The molecular weight excluding hydrogens is 432 g/mol. The third-order valence-corrected chi connectivity index (χ3v) is 5.54. The number of nitrogens with one attached hydrogen (secondary N) is 1. The van der Waals surface area contributed by atoms with Crippen molar-refractivity contribution in [3.8, 4) is 0 Å². The van der Waals surface area contributed by atoms with E-state index in [4.69, 9.17) is 0 Å². The van der Waals surface area contributed by atoms with Gasteiger partial charge in [0.05, 0.1) is 4.90 Å². The van der Waals surface area contributed by atoms with Gasteiger partial charge in [0.25, 0.3) is 0 Å². The SMILES string of the molecule is O=S(=O)(NCc1ccc(F)cc1F)c1cc(Br)ccc1Br. The maximum absolute atomic E-state index is 13.5. The fourth-order valence-electron chi connectivity index (χ4n) is 1.60. The van der Waals surface area contributed by atoms with Gasteiger partial charge < -0.3 is 0 Å². The average Bonchev–Trinajstić information content (AvgIpc) is 2.40. The molecule has 0 aromatic heterocycles. The van der Waals surface area contributed by atoms with Crippen LogP contribution in [0.3, 0.4) is 0 Å². The fourth-order valence-corrected chi connectivity index (χ4v) is 4.11. The van der Waals surface area contributed by atoms with Crippen LogP contribution < -0.4 is 4.72 Å². The number of benzene rings is 2. The van der Waals surface area contributed by atoms with Crippen molar-refractivity contribution in [2.45, 2.75) is 11.4 Å². The van der Waals surface area contributed by atoms with Crippen LogP contribution in [-0.4, -0.2) is 8.42 Å². The Labute approximate surface area is 137 Å². The van der Waals surface area contributed by atoms with Gasteiger partial charge in [-0.25, -0.2) is 21.9 Å². The fraction of sp³-hybridized carbons (Fsp3) is 0.0769. The third-order valence-electron chi connectivity index (χ3n) is 2.65. The lowest BCUT2D eigenvalue weighted by Gasteiger charge is -2.09. The zero-order valence-electron chi connectivity index (χ0n) is 10.4. The molecule has 21 heavy (non-hydrogen) atoms. The molecule has 0 aliphatic rings. The Bertz CT molecular complexity index is 782. The summed E-state index contributed by atoms with van der Waals surface area (Å²) in [5, 5.41) is 0. The molecule has 2 aromatic rings. The third kappa shape index (κ3) is 4.09. The van der Waals surface area contributed by atoms with Crippen LogP contribution in [0.4, 0.5) is 8.78 Å². The van der Waals surface area contributed by atoms with E-state index >= 15 is 0 Å². The summed E-state index contributed by atoms with van der Waals surface area (Å²) >= 11 is 6.34. The highest BCUT2D eigenvalue weighted by Gasteiger charge is 2.18. The van der Waals surface area contributed by atoms with E-state index in [2.05, 4.69) is 36.6 Å². The first-order valence-electron chi connectivity index (χ1n) is 5.68. The maximum Gasteiger partial charge on any atom is 0.242 e. The smallest absolute Gasteiger partial charge is 0.207 e. The van der Waals surface area contributed by atoms with Crippen molar-refractivity contribution in [3.05, 3.63) is 62.5 Å². The van der Waals surface area contributed by atoms with Gasteiger partial charge in [0.1, 0.15) is 11.6 Å². The van der Waals surface area contributed by atoms with Gasteiger partial charge in [-0.15, -0.1) is 0 Å². The predicted octanol–water partition coefficient (Wildman–Crippen LogP) is 3.97. The van der Waals surface area contributed by atoms with Crippen molar-refractivity contribution >= 4 is 41.9 Å². The lowest BCUT2D eigenvalue weighted by atomic mass is 10.2. The lowest BCUT2D eigenvalue weighted by molar-refractivity contribution is 0.562. The van der Waals surface area contributed by atoms with E-state index in [1.54, 1.807) is 12.1 Å². The Morgan fingerprint density at radius 1 is 1.05 bits per heavy atom. The lowest BCUT2D eigenvalue weighted by Crippen LogP contribution is -2.24. The highest BCUT2D eigenvalue weighted by Crippen LogP contribution is 2.25. The molecule has 0 unspecified atom stereocenters. The predicted molar refractivity (Wildman–Crippen MR) is 82.2 cm³/mol. The van der Waals surface area contributed by atoms with E-state index in [-0.39, 0.29) is 17.0 Å². The summed E-state index contributed by atoms with van der Waals surface area (Å²) in [6.07, 6.45) is 0. The summed E-state index contributed by atoms with van der Waals surface area (Å²) in [5.74, 6) is -1.51. The van der Waals surface area contributed by atoms with Crippen LogP contribution in [0.1, 0.15) is 5.56 Å². The molecule has 0 bridgehead atoms. The van der Waals surface area contributed by atoms with Crippen molar-refractivity contribution in [2.75, 3.05) is 0 Å². The Morgan fingerprint density at radius 3 is 2.43 bits per heavy atom. The molecule has 0 aliphatic carbocycles. The van der Waals surface area contributed by atoms with Crippen molar-refractivity contribution < 1.29 is 17.2 Å². The van der Waals surface area contributed by atoms with E-state index in [1.165, 1.54) is 12.1 Å². The Kier molecular flexibility index (Phi) is 5.13. The van der Waals surface area contributed by atoms with Gasteiger partial charge in [0.2, 0.25) is 10.0 Å². The van der Waals surface area contributed by atoms with E-state index < -0.39 is 21.7 Å². The Hall–Kier alpha value is -0.830. The van der Waals surface area contributed by atoms with Crippen LogP contribution in [0.5, 0.6) is 0 Å². The quantitative estimate of drug-likeness (QED) is 0.781. The second-order valence-corrected chi connectivity index (χ2v) is 7.64. The highest BCUT2D eigenvalue weighted by molar-refractivity contribution is 9.11. The second kappa shape index (κ2) is 6.51. The molecule has 0 saturated heterocycles. The zero-order valence-corrected chi connectivity index (χ0v) is 14.4. The van der Waals surface area contributed by atoms with Gasteiger partial charge >= 0.3 is 0 Å². The summed E-state index contributed by atoms with van der Waals surface area (Å²) < 4.78 is 53.9. The molecular formula is C13H9Br2F2NO2S. The normalized spacial score (nSPS) is 11.6. The topological polar surface area (TPSA) is 46.2 Å². The maximum atomic E-state index is 13.5. The standard InChI is InChI=1S/C13H9Br2F2NO2S/c14-9-2-4-11(15)13(5-9)21(19,20)18-7-8-1-3-10(16)6-12(8)17/h1-6,18H,7H2. The Balaban J connectivity index is 2.24. The molecule has 2 aromatic carbocycles. The van der Waals surface area contributed by atoms with Gasteiger partial charge in [-0.05, 0) is 40.2 Å². The van der Waals surface area contributed by atoms with Crippen LogP contribution in [0.25, 0.3) is 0 Å². The van der Waals surface area contributed by atoms with E-state index in [9.17, 15) is 17.2 Å². The molecule has 0 spiro atoms.